The highest BCUT2D eigenvalue weighted by Gasteiger charge is 2.20. The van der Waals surface area contributed by atoms with Crippen LogP contribution in [0.15, 0.2) is 24.3 Å². The second kappa shape index (κ2) is 6.79. The third-order valence-electron chi connectivity index (χ3n) is 3.16. The van der Waals surface area contributed by atoms with Crippen LogP contribution in [-0.2, 0) is 10.2 Å². The van der Waals surface area contributed by atoms with E-state index < -0.39 is 5.97 Å². The second-order valence-electron chi connectivity index (χ2n) is 6.83. The Balaban J connectivity index is 3.22. The third kappa shape index (κ3) is 5.25. The molecule has 0 unspecified atom stereocenters. The van der Waals surface area contributed by atoms with Gasteiger partial charge in [0.2, 0.25) is 0 Å². The summed E-state index contributed by atoms with van der Waals surface area (Å²) in [6.45, 7) is 13.1. The predicted molar refractivity (Wildman–Crippen MR) is 86.8 cm³/mol. The molecule has 0 aliphatic rings. The highest BCUT2D eigenvalue weighted by atomic mass is 16.5. The van der Waals surface area contributed by atoms with Crippen molar-refractivity contribution in [1.82, 2.24) is 0 Å². The van der Waals surface area contributed by atoms with Gasteiger partial charge in [0, 0.05) is 11.6 Å². The van der Waals surface area contributed by atoms with Gasteiger partial charge < -0.3 is 9.84 Å². The van der Waals surface area contributed by atoms with E-state index in [4.69, 9.17) is 9.84 Å². The lowest BCUT2D eigenvalue weighted by Gasteiger charge is -2.24. The summed E-state index contributed by atoms with van der Waals surface area (Å²) in [6.07, 6.45) is 1.23. The van der Waals surface area contributed by atoms with Gasteiger partial charge >= 0.3 is 5.97 Å². The first kappa shape index (κ1) is 17.3. The van der Waals surface area contributed by atoms with Crippen molar-refractivity contribution < 1.29 is 14.6 Å². The molecule has 0 heterocycles. The quantitative estimate of drug-likeness (QED) is 0.812. The van der Waals surface area contributed by atoms with E-state index in [2.05, 4.69) is 34.6 Å². The number of allylic oxidation sites excluding steroid dienone is 1. The van der Waals surface area contributed by atoms with Crippen molar-refractivity contribution in [3.05, 3.63) is 35.4 Å². The molecule has 0 spiro atoms. The molecule has 0 aliphatic heterocycles. The lowest BCUT2D eigenvalue weighted by atomic mass is 9.84. The van der Waals surface area contributed by atoms with E-state index in [1.165, 1.54) is 6.08 Å². The zero-order valence-corrected chi connectivity index (χ0v) is 13.9. The van der Waals surface area contributed by atoms with Crippen LogP contribution >= 0.6 is 0 Å². The van der Waals surface area contributed by atoms with Crippen LogP contribution in [0.3, 0.4) is 0 Å². The Morgan fingerprint density at radius 1 is 1.33 bits per heavy atom. The lowest BCUT2D eigenvalue weighted by Crippen LogP contribution is -2.15. The van der Waals surface area contributed by atoms with Gasteiger partial charge in [-0.25, -0.2) is 4.79 Å². The molecule has 0 aromatic heterocycles. The Kier molecular flexibility index (Phi) is 5.59. The van der Waals surface area contributed by atoms with Crippen LogP contribution in [0, 0.1) is 5.92 Å². The van der Waals surface area contributed by atoms with Crippen molar-refractivity contribution in [1.29, 1.82) is 0 Å². The minimum atomic E-state index is -0.926. The van der Waals surface area contributed by atoms with Crippen molar-refractivity contribution in [3.8, 4) is 5.75 Å². The second-order valence-corrected chi connectivity index (χ2v) is 6.83. The fourth-order valence-corrected chi connectivity index (χ4v) is 2.01. The molecule has 0 aliphatic carbocycles. The van der Waals surface area contributed by atoms with Crippen LogP contribution in [0.4, 0.5) is 0 Å². The largest absolute Gasteiger partial charge is 0.493 e. The van der Waals surface area contributed by atoms with E-state index in [0.717, 1.165) is 22.4 Å². The molecule has 3 heteroatoms. The molecule has 1 aromatic rings. The monoisotopic (exact) mass is 290 g/mol. The van der Waals surface area contributed by atoms with Crippen molar-refractivity contribution in [2.75, 3.05) is 6.61 Å². The van der Waals surface area contributed by atoms with Gasteiger partial charge in [-0.05, 0) is 41.5 Å². The first-order chi connectivity index (χ1) is 9.61. The Labute approximate surface area is 127 Å². The SMILES string of the molecule is C/C(=C\C(=O)O)c1ccc(OCC(C)C)c(C(C)(C)C)c1. The van der Waals surface area contributed by atoms with Crippen molar-refractivity contribution in [2.24, 2.45) is 5.92 Å². The molecule has 0 fully saturated rings. The molecule has 0 saturated heterocycles. The number of hydrogen-bond acceptors (Lipinski definition) is 2. The number of carbonyl (C=O) groups is 1. The zero-order valence-electron chi connectivity index (χ0n) is 13.9. The summed E-state index contributed by atoms with van der Waals surface area (Å²) < 4.78 is 5.91. The smallest absolute Gasteiger partial charge is 0.328 e. The van der Waals surface area contributed by atoms with Crippen LogP contribution in [-0.4, -0.2) is 17.7 Å². The van der Waals surface area contributed by atoms with E-state index in [1.54, 1.807) is 0 Å². The highest BCUT2D eigenvalue weighted by molar-refractivity contribution is 5.89. The van der Waals surface area contributed by atoms with Gasteiger partial charge in [-0.2, -0.15) is 0 Å². The maximum absolute atomic E-state index is 10.8. The standard InChI is InChI=1S/C18H26O3/c1-12(2)11-21-16-8-7-14(13(3)9-17(19)20)10-15(16)18(4,5)6/h7-10,12H,11H2,1-6H3,(H,19,20)/b13-9+. The van der Waals surface area contributed by atoms with E-state index in [0.29, 0.717) is 12.5 Å². The molecular weight excluding hydrogens is 264 g/mol. The summed E-state index contributed by atoms with van der Waals surface area (Å²) in [6, 6.07) is 5.89. The molecule has 21 heavy (non-hydrogen) atoms. The van der Waals surface area contributed by atoms with Crippen LogP contribution in [0.2, 0.25) is 0 Å². The Hall–Kier alpha value is -1.77. The number of hydrogen-bond donors (Lipinski definition) is 1. The number of carboxylic acid groups (broad SMARTS) is 1. The highest BCUT2D eigenvalue weighted by Crippen LogP contribution is 2.34. The molecule has 1 aromatic carbocycles. The number of benzene rings is 1. The fraction of sp³-hybridized carbons (Fsp3) is 0.500. The first-order valence-corrected chi connectivity index (χ1v) is 7.30. The van der Waals surface area contributed by atoms with Crippen molar-refractivity contribution in [3.63, 3.8) is 0 Å². The number of rotatable bonds is 5. The predicted octanol–water partition coefficient (Wildman–Crippen LogP) is 4.51. The summed E-state index contributed by atoms with van der Waals surface area (Å²) in [5, 5.41) is 8.87. The van der Waals surface area contributed by atoms with Crippen LogP contribution in [0.25, 0.3) is 5.57 Å². The van der Waals surface area contributed by atoms with Gasteiger partial charge in [0.25, 0.3) is 0 Å². The average Bonchev–Trinajstić information content (AvgIpc) is 2.34. The van der Waals surface area contributed by atoms with E-state index in [1.807, 2.05) is 25.1 Å². The molecule has 1 rings (SSSR count). The van der Waals surface area contributed by atoms with Crippen molar-refractivity contribution >= 4 is 11.5 Å². The molecule has 0 atom stereocenters. The third-order valence-corrected chi connectivity index (χ3v) is 3.16. The summed E-state index contributed by atoms with van der Waals surface area (Å²) in [4.78, 5) is 10.8. The molecule has 116 valence electrons. The molecule has 1 N–H and O–H groups in total. The van der Waals surface area contributed by atoms with Gasteiger partial charge in [-0.15, -0.1) is 0 Å². The number of aliphatic carboxylic acids is 1. The topological polar surface area (TPSA) is 46.5 Å². The normalized spacial score (nSPS) is 12.6. The van der Waals surface area contributed by atoms with E-state index >= 15 is 0 Å². The Bertz CT molecular complexity index is 534. The maximum atomic E-state index is 10.8. The lowest BCUT2D eigenvalue weighted by molar-refractivity contribution is -0.131. The Morgan fingerprint density at radius 3 is 2.43 bits per heavy atom. The van der Waals surface area contributed by atoms with Gasteiger partial charge in [0.15, 0.2) is 0 Å². The molecular formula is C18H26O3. The Morgan fingerprint density at radius 2 is 1.95 bits per heavy atom. The molecule has 0 bridgehead atoms. The molecule has 0 radical (unpaired) electrons. The van der Waals surface area contributed by atoms with Gasteiger partial charge in [-0.3, -0.25) is 0 Å². The summed E-state index contributed by atoms with van der Waals surface area (Å²) in [5.41, 5.74) is 2.69. The molecule has 0 saturated carbocycles. The summed E-state index contributed by atoms with van der Waals surface area (Å²) in [5.74, 6) is 0.416. The summed E-state index contributed by atoms with van der Waals surface area (Å²) in [7, 11) is 0. The van der Waals surface area contributed by atoms with Crippen LogP contribution in [0.1, 0.15) is 52.7 Å². The number of carboxylic acids is 1. The molecule has 3 nitrogen and oxygen atoms in total. The van der Waals surface area contributed by atoms with Gasteiger partial charge in [0.05, 0.1) is 6.61 Å². The fourth-order valence-electron chi connectivity index (χ4n) is 2.01. The van der Waals surface area contributed by atoms with E-state index in [9.17, 15) is 4.79 Å². The zero-order chi connectivity index (χ0) is 16.2. The minimum Gasteiger partial charge on any atom is -0.493 e. The van der Waals surface area contributed by atoms with E-state index in [-0.39, 0.29) is 5.41 Å². The number of ether oxygens (including phenoxy) is 1. The summed E-state index contributed by atoms with van der Waals surface area (Å²) >= 11 is 0. The van der Waals surface area contributed by atoms with Gasteiger partial charge in [-0.1, -0.05) is 40.7 Å². The minimum absolute atomic E-state index is 0.0637. The average molecular weight is 290 g/mol. The van der Waals surface area contributed by atoms with Crippen molar-refractivity contribution in [2.45, 2.75) is 47.0 Å². The van der Waals surface area contributed by atoms with Crippen LogP contribution in [0.5, 0.6) is 5.75 Å². The molecule has 0 amide bonds. The first-order valence-electron chi connectivity index (χ1n) is 7.30. The van der Waals surface area contributed by atoms with Crippen LogP contribution < -0.4 is 4.74 Å². The maximum Gasteiger partial charge on any atom is 0.328 e. The van der Waals surface area contributed by atoms with Gasteiger partial charge in [0.1, 0.15) is 5.75 Å².